The largest absolute Gasteiger partial charge is 0.352 e. The summed E-state index contributed by atoms with van der Waals surface area (Å²) in [5.74, 6) is -0.442. The van der Waals surface area contributed by atoms with E-state index in [1.54, 1.807) is 18.2 Å². The summed E-state index contributed by atoms with van der Waals surface area (Å²) in [5, 5.41) is 5.54. The summed E-state index contributed by atoms with van der Waals surface area (Å²) < 4.78 is 0.828. The molecule has 24 heavy (non-hydrogen) atoms. The minimum atomic E-state index is -0.261. The van der Waals surface area contributed by atoms with Gasteiger partial charge in [0, 0.05) is 16.1 Å². The van der Waals surface area contributed by atoms with Crippen molar-refractivity contribution in [2.75, 3.05) is 6.54 Å². The Morgan fingerprint density at radius 1 is 1.08 bits per heavy atom. The molecule has 0 heterocycles. The van der Waals surface area contributed by atoms with E-state index in [4.69, 9.17) is 0 Å². The first-order valence-corrected chi connectivity index (χ1v) is 8.71. The van der Waals surface area contributed by atoms with Gasteiger partial charge in [0.15, 0.2) is 0 Å². The fraction of sp³-hybridized carbons (Fsp3) is 0.263. The molecule has 0 radical (unpaired) electrons. The molecular formula is C19H21BrN2O2. The number of nitrogens with one attached hydrogen (secondary N) is 2. The minimum Gasteiger partial charge on any atom is -0.352 e. The molecule has 0 fully saturated rings. The van der Waals surface area contributed by atoms with Crippen LogP contribution in [0.3, 0.4) is 0 Å². The van der Waals surface area contributed by atoms with Crippen molar-refractivity contribution in [1.82, 2.24) is 10.6 Å². The second-order valence-electron chi connectivity index (χ2n) is 5.69. The molecule has 0 saturated carbocycles. The van der Waals surface area contributed by atoms with Crippen LogP contribution in [0.2, 0.25) is 0 Å². The summed E-state index contributed by atoms with van der Waals surface area (Å²) in [4.78, 5) is 23.9. The lowest BCUT2D eigenvalue weighted by Gasteiger charge is -2.14. The summed E-state index contributed by atoms with van der Waals surface area (Å²) in [6, 6.07) is 17.3. The topological polar surface area (TPSA) is 58.2 Å². The lowest BCUT2D eigenvalue weighted by molar-refractivity contribution is -0.120. The number of amides is 2. The van der Waals surface area contributed by atoms with Gasteiger partial charge in [0.2, 0.25) is 5.91 Å². The quantitative estimate of drug-likeness (QED) is 0.764. The van der Waals surface area contributed by atoms with E-state index in [1.165, 1.54) is 5.56 Å². The molecule has 0 aromatic heterocycles. The van der Waals surface area contributed by atoms with Gasteiger partial charge in [-0.3, -0.25) is 9.59 Å². The highest BCUT2D eigenvalue weighted by Crippen LogP contribution is 2.11. The Kier molecular flexibility index (Phi) is 7.00. The minimum absolute atomic E-state index is 0.0268. The smallest absolute Gasteiger partial charge is 0.251 e. The molecule has 0 aliphatic carbocycles. The second kappa shape index (κ2) is 9.23. The van der Waals surface area contributed by atoms with E-state index >= 15 is 0 Å². The van der Waals surface area contributed by atoms with Gasteiger partial charge in [-0.05, 0) is 43.5 Å². The van der Waals surface area contributed by atoms with Crippen molar-refractivity contribution >= 4 is 27.7 Å². The van der Waals surface area contributed by atoms with E-state index in [0.717, 1.165) is 17.3 Å². The summed E-state index contributed by atoms with van der Waals surface area (Å²) in [6.45, 7) is 1.94. The molecule has 0 saturated heterocycles. The molecule has 2 N–H and O–H groups in total. The Bertz CT molecular complexity index is 689. The maximum atomic E-state index is 12.0. The number of benzene rings is 2. The molecule has 1 unspecified atom stereocenters. The zero-order valence-corrected chi connectivity index (χ0v) is 15.2. The summed E-state index contributed by atoms with van der Waals surface area (Å²) in [6.07, 6.45) is 1.77. The third kappa shape index (κ3) is 6.16. The Morgan fingerprint density at radius 3 is 2.54 bits per heavy atom. The molecule has 0 bridgehead atoms. The number of halogens is 1. The first-order chi connectivity index (χ1) is 11.5. The van der Waals surface area contributed by atoms with E-state index in [0.29, 0.717) is 5.56 Å². The van der Waals surface area contributed by atoms with E-state index in [9.17, 15) is 9.59 Å². The predicted molar refractivity (Wildman–Crippen MR) is 98.8 cm³/mol. The van der Waals surface area contributed by atoms with Crippen LogP contribution in [-0.2, 0) is 11.2 Å². The summed E-state index contributed by atoms with van der Waals surface area (Å²) >= 11 is 3.32. The molecule has 126 valence electrons. The van der Waals surface area contributed by atoms with Crippen LogP contribution in [0.5, 0.6) is 0 Å². The Labute approximate surface area is 150 Å². The van der Waals surface area contributed by atoms with Gasteiger partial charge in [0.25, 0.3) is 5.91 Å². The van der Waals surface area contributed by atoms with Gasteiger partial charge >= 0.3 is 0 Å². The van der Waals surface area contributed by atoms with Gasteiger partial charge in [-0.15, -0.1) is 0 Å². The molecule has 4 nitrogen and oxygen atoms in total. The number of aryl methyl sites for hydroxylation is 1. The van der Waals surface area contributed by atoms with Crippen molar-refractivity contribution in [3.05, 3.63) is 70.2 Å². The molecule has 2 aromatic rings. The molecule has 0 spiro atoms. The monoisotopic (exact) mass is 388 g/mol. The number of hydrogen-bond donors (Lipinski definition) is 2. The van der Waals surface area contributed by atoms with Crippen LogP contribution in [-0.4, -0.2) is 24.4 Å². The number of rotatable bonds is 7. The zero-order valence-electron chi connectivity index (χ0n) is 13.6. The normalized spacial score (nSPS) is 11.6. The summed E-state index contributed by atoms with van der Waals surface area (Å²) in [5.41, 5.74) is 1.77. The van der Waals surface area contributed by atoms with Crippen LogP contribution < -0.4 is 10.6 Å². The van der Waals surface area contributed by atoms with E-state index in [2.05, 4.69) is 38.7 Å². The highest BCUT2D eigenvalue weighted by Gasteiger charge is 2.10. The standard InChI is InChI=1S/C19H21BrN2O2/c1-14(10-11-15-6-3-2-4-7-15)22-18(23)13-21-19(24)16-8-5-9-17(20)12-16/h2-9,12,14H,10-11,13H2,1H3,(H,21,24)(H,22,23). The molecule has 2 aromatic carbocycles. The van der Waals surface area contributed by atoms with Crippen molar-refractivity contribution in [3.8, 4) is 0 Å². The van der Waals surface area contributed by atoms with Crippen LogP contribution in [0.15, 0.2) is 59.1 Å². The Hall–Kier alpha value is -2.14. The lowest BCUT2D eigenvalue weighted by Crippen LogP contribution is -2.41. The third-order valence-corrected chi connectivity index (χ3v) is 4.11. The van der Waals surface area contributed by atoms with E-state index in [-0.39, 0.29) is 24.4 Å². The average molecular weight is 389 g/mol. The third-order valence-electron chi connectivity index (χ3n) is 3.61. The Morgan fingerprint density at radius 2 is 1.83 bits per heavy atom. The van der Waals surface area contributed by atoms with E-state index < -0.39 is 0 Å². The first kappa shape index (κ1) is 18.2. The first-order valence-electron chi connectivity index (χ1n) is 7.91. The van der Waals surface area contributed by atoms with Gasteiger partial charge < -0.3 is 10.6 Å². The van der Waals surface area contributed by atoms with Crippen molar-refractivity contribution in [3.63, 3.8) is 0 Å². The second-order valence-corrected chi connectivity index (χ2v) is 6.60. The molecule has 1 atom stereocenters. The molecule has 0 aliphatic heterocycles. The number of hydrogen-bond acceptors (Lipinski definition) is 2. The maximum Gasteiger partial charge on any atom is 0.251 e. The lowest BCUT2D eigenvalue weighted by atomic mass is 10.1. The van der Waals surface area contributed by atoms with Crippen molar-refractivity contribution in [1.29, 1.82) is 0 Å². The molecule has 2 amide bonds. The van der Waals surface area contributed by atoms with Crippen molar-refractivity contribution < 1.29 is 9.59 Å². The molecule has 5 heteroatoms. The number of carbonyl (C=O) groups excluding carboxylic acids is 2. The van der Waals surface area contributed by atoms with Gasteiger partial charge in [-0.1, -0.05) is 52.3 Å². The van der Waals surface area contributed by atoms with Crippen LogP contribution >= 0.6 is 15.9 Å². The van der Waals surface area contributed by atoms with Crippen LogP contribution in [0.1, 0.15) is 29.3 Å². The summed E-state index contributed by atoms with van der Waals surface area (Å²) in [7, 11) is 0. The predicted octanol–water partition coefficient (Wildman–Crippen LogP) is 3.32. The van der Waals surface area contributed by atoms with Crippen LogP contribution in [0.25, 0.3) is 0 Å². The maximum absolute atomic E-state index is 12.0. The van der Waals surface area contributed by atoms with Gasteiger partial charge in [0.1, 0.15) is 0 Å². The SMILES string of the molecule is CC(CCc1ccccc1)NC(=O)CNC(=O)c1cccc(Br)c1. The van der Waals surface area contributed by atoms with Crippen molar-refractivity contribution in [2.24, 2.45) is 0 Å². The highest BCUT2D eigenvalue weighted by molar-refractivity contribution is 9.10. The van der Waals surface area contributed by atoms with Crippen LogP contribution in [0.4, 0.5) is 0 Å². The fourth-order valence-electron chi connectivity index (χ4n) is 2.32. The molecule has 0 aliphatic rings. The zero-order chi connectivity index (χ0) is 17.4. The van der Waals surface area contributed by atoms with Gasteiger partial charge in [-0.2, -0.15) is 0 Å². The van der Waals surface area contributed by atoms with Gasteiger partial charge in [-0.25, -0.2) is 0 Å². The van der Waals surface area contributed by atoms with E-state index in [1.807, 2.05) is 31.2 Å². The number of carbonyl (C=O) groups is 2. The fourth-order valence-corrected chi connectivity index (χ4v) is 2.72. The highest BCUT2D eigenvalue weighted by atomic mass is 79.9. The van der Waals surface area contributed by atoms with Gasteiger partial charge in [0.05, 0.1) is 6.54 Å². The molecular weight excluding hydrogens is 368 g/mol. The average Bonchev–Trinajstić information content (AvgIpc) is 2.59. The van der Waals surface area contributed by atoms with Crippen molar-refractivity contribution in [2.45, 2.75) is 25.8 Å². The van der Waals surface area contributed by atoms with Crippen LogP contribution in [0, 0.1) is 0 Å². The Balaban J connectivity index is 1.71. The molecule has 2 rings (SSSR count).